The summed E-state index contributed by atoms with van der Waals surface area (Å²) < 4.78 is 0. The Hall–Kier alpha value is -3.06. The molecule has 2 rings (SSSR count). The van der Waals surface area contributed by atoms with E-state index < -0.39 is 17.9 Å². The van der Waals surface area contributed by atoms with E-state index in [0.717, 1.165) is 11.1 Å². The van der Waals surface area contributed by atoms with Gasteiger partial charge in [-0.25, -0.2) is 4.79 Å². The van der Waals surface area contributed by atoms with Crippen molar-refractivity contribution in [2.75, 3.05) is 0 Å². The normalized spacial score (nSPS) is 11.0. The van der Waals surface area contributed by atoms with Gasteiger partial charge in [-0.05, 0) is 42.8 Å². The molecule has 0 saturated carbocycles. The van der Waals surface area contributed by atoms with Gasteiger partial charge in [-0.2, -0.15) is 0 Å². The lowest BCUT2D eigenvalue weighted by Crippen LogP contribution is -2.40. The van der Waals surface area contributed by atoms with Crippen LogP contribution in [0, 0.1) is 11.8 Å². The zero-order valence-corrected chi connectivity index (χ0v) is 12.7. The van der Waals surface area contributed by atoms with Crippen molar-refractivity contribution in [1.29, 1.82) is 0 Å². The van der Waals surface area contributed by atoms with Gasteiger partial charge in [0.05, 0.1) is 0 Å². The first-order valence-corrected chi connectivity index (χ1v) is 7.31. The predicted molar refractivity (Wildman–Crippen MR) is 88.0 cm³/mol. The number of amides is 1. The van der Waals surface area contributed by atoms with E-state index in [2.05, 4.69) is 17.2 Å². The third-order valence-corrected chi connectivity index (χ3v) is 3.28. The molecule has 1 unspecified atom stereocenters. The van der Waals surface area contributed by atoms with Crippen LogP contribution in [0.2, 0.25) is 0 Å². The van der Waals surface area contributed by atoms with Gasteiger partial charge in [0.25, 0.3) is 5.91 Å². The maximum absolute atomic E-state index is 12.0. The Bertz CT molecular complexity index is 740. The van der Waals surface area contributed by atoms with Crippen LogP contribution in [0.5, 0.6) is 0 Å². The number of aliphatic carboxylic acids is 1. The lowest BCUT2D eigenvalue weighted by Gasteiger charge is -2.12. The fraction of sp³-hybridized carbons (Fsp3) is 0.158. The highest BCUT2D eigenvalue weighted by molar-refractivity contribution is 5.96. The highest BCUT2D eigenvalue weighted by Crippen LogP contribution is 2.05. The Morgan fingerprint density at radius 2 is 1.57 bits per heavy atom. The monoisotopic (exact) mass is 307 g/mol. The molecule has 23 heavy (non-hydrogen) atoms. The molecule has 1 amide bonds. The molecule has 1 atom stereocenters. The largest absolute Gasteiger partial charge is 0.480 e. The summed E-state index contributed by atoms with van der Waals surface area (Å²) in [6.07, 6.45) is 0.335. The van der Waals surface area contributed by atoms with Gasteiger partial charge in [0.2, 0.25) is 0 Å². The highest BCUT2D eigenvalue weighted by Gasteiger charge is 2.18. The van der Waals surface area contributed by atoms with Crippen LogP contribution in [0.25, 0.3) is 0 Å². The molecule has 4 nitrogen and oxygen atoms in total. The molecule has 0 bridgehead atoms. The molecule has 116 valence electrons. The van der Waals surface area contributed by atoms with Crippen LogP contribution < -0.4 is 5.32 Å². The van der Waals surface area contributed by atoms with E-state index in [1.165, 1.54) is 0 Å². The quantitative estimate of drug-likeness (QED) is 0.854. The molecule has 0 aliphatic carbocycles. The van der Waals surface area contributed by atoms with Crippen LogP contribution in [0.15, 0.2) is 54.6 Å². The SMILES string of the molecule is CCC(NC(=O)c1ccc(C#Cc2ccccc2)cc1)C(=O)O. The van der Waals surface area contributed by atoms with Crippen LogP contribution in [0.3, 0.4) is 0 Å². The molecule has 2 aromatic carbocycles. The van der Waals surface area contributed by atoms with Crippen molar-refractivity contribution < 1.29 is 14.7 Å². The predicted octanol–water partition coefficient (Wildman–Crippen LogP) is 2.68. The van der Waals surface area contributed by atoms with Gasteiger partial charge in [-0.1, -0.05) is 37.0 Å². The van der Waals surface area contributed by atoms with Crippen LogP contribution in [0.4, 0.5) is 0 Å². The van der Waals surface area contributed by atoms with Gasteiger partial charge in [0.15, 0.2) is 0 Å². The Kier molecular flexibility index (Phi) is 5.54. The average molecular weight is 307 g/mol. The number of hydrogen-bond donors (Lipinski definition) is 2. The first kappa shape index (κ1) is 16.3. The van der Waals surface area contributed by atoms with Gasteiger partial charge >= 0.3 is 5.97 Å². The number of benzene rings is 2. The van der Waals surface area contributed by atoms with E-state index >= 15 is 0 Å². The fourth-order valence-electron chi connectivity index (χ4n) is 1.95. The lowest BCUT2D eigenvalue weighted by molar-refractivity contribution is -0.139. The summed E-state index contributed by atoms with van der Waals surface area (Å²) in [5.74, 6) is 4.62. The number of carboxylic acid groups (broad SMARTS) is 1. The summed E-state index contributed by atoms with van der Waals surface area (Å²) in [5, 5.41) is 11.4. The van der Waals surface area contributed by atoms with E-state index in [4.69, 9.17) is 5.11 Å². The lowest BCUT2D eigenvalue weighted by atomic mass is 10.1. The molecule has 2 aromatic rings. The minimum absolute atomic E-state index is 0.335. The smallest absolute Gasteiger partial charge is 0.326 e. The summed E-state index contributed by atoms with van der Waals surface area (Å²) >= 11 is 0. The molecule has 0 heterocycles. The molecular formula is C19H17NO3. The first-order chi connectivity index (χ1) is 11.1. The van der Waals surface area contributed by atoms with Crippen molar-refractivity contribution in [3.8, 4) is 11.8 Å². The summed E-state index contributed by atoms with van der Waals surface area (Å²) in [6.45, 7) is 1.71. The summed E-state index contributed by atoms with van der Waals surface area (Å²) in [5.41, 5.74) is 2.12. The molecule has 0 saturated heterocycles. The molecule has 0 spiro atoms. The summed E-state index contributed by atoms with van der Waals surface area (Å²) in [6, 6.07) is 15.5. The Balaban J connectivity index is 2.06. The Labute approximate surface area is 135 Å². The summed E-state index contributed by atoms with van der Waals surface area (Å²) in [4.78, 5) is 22.9. The van der Waals surface area contributed by atoms with E-state index in [1.807, 2.05) is 30.3 Å². The second kappa shape index (κ2) is 7.81. The topological polar surface area (TPSA) is 66.4 Å². The number of rotatable bonds is 4. The third-order valence-electron chi connectivity index (χ3n) is 3.28. The second-order valence-electron chi connectivity index (χ2n) is 4.97. The minimum atomic E-state index is -1.04. The molecule has 4 heteroatoms. The molecular weight excluding hydrogens is 290 g/mol. The third kappa shape index (κ3) is 4.72. The number of carbonyl (C=O) groups excluding carboxylic acids is 1. The van der Waals surface area contributed by atoms with E-state index in [0.29, 0.717) is 12.0 Å². The standard InChI is InChI=1S/C19H17NO3/c1-2-17(19(22)23)20-18(21)16-12-10-15(11-13-16)9-8-14-6-4-3-5-7-14/h3-7,10-13,17H,2H2,1H3,(H,20,21)(H,22,23). The Morgan fingerprint density at radius 1 is 1.00 bits per heavy atom. The maximum atomic E-state index is 12.0. The fourth-order valence-corrected chi connectivity index (χ4v) is 1.95. The van der Waals surface area contributed by atoms with Crippen LogP contribution in [0.1, 0.15) is 34.8 Å². The van der Waals surface area contributed by atoms with Crippen molar-refractivity contribution in [3.05, 3.63) is 71.3 Å². The van der Waals surface area contributed by atoms with Crippen LogP contribution in [-0.2, 0) is 4.79 Å². The van der Waals surface area contributed by atoms with Crippen molar-refractivity contribution in [3.63, 3.8) is 0 Å². The van der Waals surface area contributed by atoms with Crippen molar-refractivity contribution in [2.24, 2.45) is 0 Å². The summed E-state index contributed by atoms with van der Waals surface area (Å²) in [7, 11) is 0. The molecule has 2 N–H and O–H groups in total. The molecule has 0 aromatic heterocycles. The number of nitrogens with one attached hydrogen (secondary N) is 1. The number of carboxylic acids is 1. The van der Waals surface area contributed by atoms with Gasteiger partial charge in [0.1, 0.15) is 6.04 Å². The van der Waals surface area contributed by atoms with Crippen molar-refractivity contribution in [1.82, 2.24) is 5.32 Å². The maximum Gasteiger partial charge on any atom is 0.326 e. The minimum Gasteiger partial charge on any atom is -0.480 e. The van der Waals surface area contributed by atoms with Gasteiger partial charge < -0.3 is 10.4 Å². The van der Waals surface area contributed by atoms with E-state index in [-0.39, 0.29) is 0 Å². The van der Waals surface area contributed by atoms with E-state index in [1.54, 1.807) is 31.2 Å². The average Bonchev–Trinajstić information content (AvgIpc) is 2.58. The second-order valence-corrected chi connectivity index (χ2v) is 4.97. The van der Waals surface area contributed by atoms with Crippen LogP contribution in [-0.4, -0.2) is 23.0 Å². The highest BCUT2D eigenvalue weighted by atomic mass is 16.4. The molecule has 0 aliphatic heterocycles. The zero-order chi connectivity index (χ0) is 16.7. The van der Waals surface area contributed by atoms with E-state index in [9.17, 15) is 9.59 Å². The van der Waals surface area contributed by atoms with Crippen molar-refractivity contribution >= 4 is 11.9 Å². The van der Waals surface area contributed by atoms with Gasteiger partial charge in [0, 0.05) is 16.7 Å². The molecule has 0 aliphatic rings. The van der Waals surface area contributed by atoms with Gasteiger partial charge in [-0.15, -0.1) is 0 Å². The Morgan fingerprint density at radius 3 is 2.09 bits per heavy atom. The number of hydrogen-bond acceptors (Lipinski definition) is 2. The number of carbonyl (C=O) groups is 2. The zero-order valence-electron chi connectivity index (χ0n) is 12.7. The van der Waals surface area contributed by atoms with Crippen molar-refractivity contribution in [2.45, 2.75) is 19.4 Å². The first-order valence-electron chi connectivity index (χ1n) is 7.31. The van der Waals surface area contributed by atoms with Gasteiger partial charge in [-0.3, -0.25) is 4.79 Å². The van der Waals surface area contributed by atoms with Crippen LogP contribution >= 0.6 is 0 Å². The molecule has 0 radical (unpaired) electrons. The molecule has 0 fully saturated rings.